The average molecular weight is 320 g/mol. The normalized spacial score (nSPS) is 10.8. The summed E-state index contributed by atoms with van der Waals surface area (Å²) in [5.41, 5.74) is 3.88. The van der Waals surface area contributed by atoms with Gasteiger partial charge in [0.2, 0.25) is 11.5 Å². The second kappa shape index (κ2) is 7.08. The van der Waals surface area contributed by atoms with E-state index in [9.17, 15) is 4.79 Å². The Morgan fingerprint density at radius 3 is 2.29 bits per heavy atom. The van der Waals surface area contributed by atoms with Crippen LogP contribution in [0.15, 0.2) is 59.8 Å². The van der Waals surface area contributed by atoms with Crippen LogP contribution in [0.4, 0.5) is 11.6 Å². The highest BCUT2D eigenvalue weighted by Crippen LogP contribution is 2.18. The Balaban J connectivity index is 1.69. The molecule has 2 N–H and O–H groups in total. The van der Waals surface area contributed by atoms with Crippen LogP contribution in [0, 0.1) is 5.92 Å². The van der Waals surface area contributed by atoms with Gasteiger partial charge in [0, 0.05) is 41.5 Å². The second-order valence-electron chi connectivity index (χ2n) is 6.16. The number of pyridine rings is 1. The van der Waals surface area contributed by atoms with Gasteiger partial charge < -0.3 is 10.3 Å². The topological polar surface area (TPSA) is 70.7 Å². The number of rotatable bonds is 5. The van der Waals surface area contributed by atoms with Crippen molar-refractivity contribution in [2.24, 2.45) is 5.92 Å². The average Bonchev–Trinajstić information content (AvgIpc) is 2.58. The smallest absolute Gasteiger partial charge is 0.247 e. The fourth-order valence-corrected chi connectivity index (χ4v) is 2.46. The molecule has 122 valence electrons. The molecule has 0 unspecified atom stereocenters. The molecule has 3 rings (SSSR count). The highest BCUT2D eigenvalue weighted by molar-refractivity contribution is 5.61. The van der Waals surface area contributed by atoms with Gasteiger partial charge in [0.05, 0.1) is 0 Å². The van der Waals surface area contributed by atoms with E-state index in [2.05, 4.69) is 46.2 Å². The van der Waals surface area contributed by atoms with Crippen LogP contribution in [0.1, 0.15) is 19.4 Å². The van der Waals surface area contributed by atoms with Crippen molar-refractivity contribution in [2.45, 2.75) is 20.3 Å². The summed E-state index contributed by atoms with van der Waals surface area (Å²) in [7, 11) is 0. The van der Waals surface area contributed by atoms with E-state index in [1.165, 1.54) is 11.6 Å². The summed E-state index contributed by atoms with van der Waals surface area (Å²) in [6.45, 7) is 4.42. The van der Waals surface area contributed by atoms with Crippen LogP contribution >= 0.6 is 0 Å². The molecule has 0 spiro atoms. The van der Waals surface area contributed by atoms with Crippen LogP contribution < -0.4 is 10.9 Å². The first-order valence-corrected chi connectivity index (χ1v) is 7.97. The predicted molar refractivity (Wildman–Crippen MR) is 96.4 cm³/mol. The lowest BCUT2D eigenvalue weighted by molar-refractivity contribution is 0.647. The Bertz CT molecular complexity index is 831. The molecular formula is C19H20N4O. The molecule has 3 aromatic rings. The van der Waals surface area contributed by atoms with E-state index in [0.717, 1.165) is 23.2 Å². The fourth-order valence-electron chi connectivity index (χ4n) is 2.46. The lowest BCUT2D eigenvalue weighted by Gasteiger charge is -2.08. The van der Waals surface area contributed by atoms with Gasteiger partial charge in [-0.3, -0.25) is 4.79 Å². The summed E-state index contributed by atoms with van der Waals surface area (Å²) in [5, 5.41) is 3.19. The number of aromatic nitrogens is 3. The van der Waals surface area contributed by atoms with Gasteiger partial charge >= 0.3 is 0 Å². The summed E-state index contributed by atoms with van der Waals surface area (Å²) in [5.74, 6) is 1.19. The number of hydrogen-bond acceptors (Lipinski definition) is 4. The first-order chi connectivity index (χ1) is 11.6. The largest absolute Gasteiger partial charge is 0.328 e. The zero-order valence-corrected chi connectivity index (χ0v) is 13.8. The van der Waals surface area contributed by atoms with Gasteiger partial charge in [-0.15, -0.1) is 0 Å². The van der Waals surface area contributed by atoms with E-state index < -0.39 is 0 Å². The van der Waals surface area contributed by atoms with E-state index in [4.69, 9.17) is 0 Å². The first kappa shape index (κ1) is 15.9. The summed E-state index contributed by atoms with van der Waals surface area (Å²) < 4.78 is 0. The number of anilines is 2. The van der Waals surface area contributed by atoms with Gasteiger partial charge in [-0.05, 0) is 36.1 Å². The Hall–Kier alpha value is -2.95. The maximum atomic E-state index is 11.1. The zero-order valence-electron chi connectivity index (χ0n) is 13.8. The molecule has 2 aromatic heterocycles. The maximum absolute atomic E-state index is 11.1. The van der Waals surface area contributed by atoms with Crippen molar-refractivity contribution in [3.63, 3.8) is 0 Å². The minimum absolute atomic E-state index is 0.126. The summed E-state index contributed by atoms with van der Waals surface area (Å²) >= 11 is 0. The molecule has 0 fully saturated rings. The van der Waals surface area contributed by atoms with Crippen molar-refractivity contribution in [1.82, 2.24) is 15.0 Å². The van der Waals surface area contributed by atoms with Gasteiger partial charge in [0.1, 0.15) is 0 Å². The van der Waals surface area contributed by atoms with Gasteiger partial charge in [-0.2, -0.15) is 0 Å². The third-order valence-electron chi connectivity index (χ3n) is 3.62. The number of H-pyrrole nitrogens is 1. The highest BCUT2D eigenvalue weighted by Gasteiger charge is 2.02. The third-order valence-corrected chi connectivity index (χ3v) is 3.62. The van der Waals surface area contributed by atoms with Gasteiger partial charge in [0.25, 0.3) is 0 Å². The second-order valence-corrected chi connectivity index (χ2v) is 6.16. The van der Waals surface area contributed by atoms with Crippen LogP contribution in [0.5, 0.6) is 0 Å². The number of aromatic amines is 1. The molecule has 0 atom stereocenters. The van der Waals surface area contributed by atoms with Crippen LogP contribution in [0.25, 0.3) is 11.1 Å². The standard InChI is InChI=1S/C19H20N4O/c1-13(2)9-14-3-6-17(7-4-14)23-19-21-11-16(12-22-19)15-5-8-18(24)20-10-15/h3-8,10-13H,9H2,1-2H3,(H,20,24)(H,21,22,23). The predicted octanol–water partition coefficient (Wildman–Crippen LogP) is 3.77. The monoisotopic (exact) mass is 320 g/mol. The molecule has 0 aliphatic heterocycles. The minimum Gasteiger partial charge on any atom is -0.328 e. The minimum atomic E-state index is -0.126. The molecule has 1 aromatic carbocycles. The van der Waals surface area contributed by atoms with E-state index in [1.54, 1.807) is 24.7 Å². The van der Waals surface area contributed by atoms with Crippen LogP contribution in [-0.2, 0) is 6.42 Å². The van der Waals surface area contributed by atoms with Gasteiger partial charge in [-0.25, -0.2) is 9.97 Å². The van der Waals surface area contributed by atoms with E-state index in [-0.39, 0.29) is 5.56 Å². The molecule has 0 radical (unpaired) electrons. The summed E-state index contributed by atoms with van der Waals surface area (Å²) in [4.78, 5) is 22.4. The van der Waals surface area contributed by atoms with E-state index in [1.807, 2.05) is 12.1 Å². The molecule has 0 aliphatic rings. The van der Waals surface area contributed by atoms with Crippen LogP contribution in [-0.4, -0.2) is 15.0 Å². The van der Waals surface area contributed by atoms with Crippen molar-refractivity contribution < 1.29 is 0 Å². The van der Waals surface area contributed by atoms with Gasteiger partial charge in [0.15, 0.2) is 0 Å². The third kappa shape index (κ3) is 4.07. The van der Waals surface area contributed by atoms with Crippen molar-refractivity contribution >= 4 is 11.6 Å². The Kier molecular flexibility index (Phi) is 4.70. The quantitative estimate of drug-likeness (QED) is 0.750. The maximum Gasteiger partial charge on any atom is 0.247 e. The number of nitrogens with zero attached hydrogens (tertiary/aromatic N) is 2. The molecule has 0 saturated carbocycles. The first-order valence-electron chi connectivity index (χ1n) is 7.97. The molecule has 0 bridgehead atoms. The molecule has 0 saturated heterocycles. The lowest BCUT2D eigenvalue weighted by atomic mass is 10.0. The Morgan fingerprint density at radius 2 is 1.71 bits per heavy atom. The van der Waals surface area contributed by atoms with Crippen LogP contribution in [0.2, 0.25) is 0 Å². The molecule has 2 heterocycles. The lowest BCUT2D eigenvalue weighted by Crippen LogP contribution is -2.02. The highest BCUT2D eigenvalue weighted by atomic mass is 16.1. The van der Waals surface area contributed by atoms with Crippen molar-refractivity contribution in [1.29, 1.82) is 0 Å². The molecule has 5 heteroatoms. The Morgan fingerprint density at radius 1 is 1.00 bits per heavy atom. The van der Waals surface area contributed by atoms with Crippen LogP contribution in [0.3, 0.4) is 0 Å². The molecule has 5 nitrogen and oxygen atoms in total. The number of benzene rings is 1. The summed E-state index contributed by atoms with van der Waals surface area (Å²) in [6, 6.07) is 11.6. The molecule has 0 aliphatic carbocycles. The van der Waals surface area contributed by atoms with E-state index >= 15 is 0 Å². The van der Waals surface area contributed by atoms with Gasteiger partial charge in [-0.1, -0.05) is 26.0 Å². The SMILES string of the molecule is CC(C)Cc1ccc(Nc2ncc(-c3ccc(=O)[nH]c3)cn2)cc1. The summed E-state index contributed by atoms with van der Waals surface area (Å²) in [6.07, 6.45) is 6.19. The Labute approximate surface area is 140 Å². The molecule has 24 heavy (non-hydrogen) atoms. The molecular weight excluding hydrogens is 300 g/mol. The van der Waals surface area contributed by atoms with E-state index in [0.29, 0.717) is 11.9 Å². The van der Waals surface area contributed by atoms with Crippen molar-refractivity contribution in [3.8, 4) is 11.1 Å². The van der Waals surface area contributed by atoms with Crippen molar-refractivity contribution in [2.75, 3.05) is 5.32 Å². The zero-order chi connectivity index (χ0) is 16.9. The fraction of sp³-hybridized carbons (Fsp3) is 0.211. The van der Waals surface area contributed by atoms with Crippen molar-refractivity contribution in [3.05, 3.63) is 70.9 Å². The molecule has 0 amide bonds. The number of nitrogens with one attached hydrogen (secondary N) is 2. The number of hydrogen-bond donors (Lipinski definition) is 2.